The van der Waals surface area contributed by atoms with E-state index in [1.807, 2.05) is 6.92 Å². The summed E-state index contributed by atoms with van der Waals surface area (Å²) >= 11 is 0. The molecular formula is C10H17N3O. The molecule has 0 saturated carbocycles. The van der Waals surface area contributed by atoms with Crippen molar-refractivity contribution in [3.05, 3.63) is 28.2 Å². The van der Waals surface area contributed by atoms with Crippen molar-refractivity contribution < 1.29 is 0 Å². The molecule has 4 nitrogen and oxygen atoms in total. The van der Waals surface area contributed by atoms with Gasteiger partial charge in [-0.15, -0.1) is 0 Å². The van der Waals surface area contributed by atoms with Crippen LogP contribution in [-0.2, 0) is 13.1 Å². The molecule has 0 atom stereocenters. The SMILES string of the molecule is CCCNCc1ccc(=O)n(CC)n1. The van der Waals surface area contributed by atoms with Gasteiger partial charge in [-0.25, -0.2) is 4.68 Å². The highest BCUT2D eigenvalue weighted by atomic mass is 16.1. The standard InChI is InChI=1S/C10H17N3O/c1-3-7-11-8-9-5-6-10(14)13(4-2)12-9/h5-6,11H,3-4,7-8H2,1-2H3. The van der Waals surface area contributed by atoms with E-state index < -0.39 is 0 Å². The van der Waals surface area contributed by atoms with Gasteiger partial charge < -0.3 is 5.32 Å². The lowest BCUT2D eigenvalue weighted by Crippen LogP contribution is -2.24. The molecule has 0 bridgehead atoms. The summed E-state index contributed by atoms with van der Waals surface area (Å²) in [5.74, 6) is 0. The molecule has 4 heteroatoms. The van der Waals surface area contributed by atoms with Crippen LogP contribution in [0.5, 0.6) is 0 Å². The molecular weight excluding hydrogens is 178 g/mol. The van der Waals surface area contributed by atoms with Gasteiger partial charge in [0, 0.05) is 19.2 Å². The fourth-order valence-electron chi connectivity index (χ4n) is 1.21. The third-order valence-electron chi connectivity index (χ3n) is 1.95. The second kappa shape index (κ2) is 5.54. The van der Waals surface area contributed by atoms with E-state index in [4.69, 9.17) is 0 Å². The van der Waals surface area contributed by atoms with Crippen molar-refractivity contribution in [1.82, 2.24) is 15.1 Å². The Hall–Kier alpha value is -1.16. The van der Waals surface area contributed by atoms with Crippen LogP contribution in [-0.4, -0.2) is 16.3 Å². The molecule has 0 fully saturated rings. The van der Waals surface area contributed by atoms with Crippen LogP contribution in [0.4, 0.5) is 0 Å². The Bertz CT molecular complexity index is 332. The van der Waals surface area contributed by atoms with Crippen molar-refractivity contribution in [3.63, 3.8) is 0 Å². The molecule has 1 rings (SSSR count). The Labute approximate surface area is 84.0 Å². The maximum absolute atomic E-state index is 11.2. The molecule has 0 unspecified atom stereocenters. The normalized spacial score (nSPS) is 10.4. The Balaban J connectivity index is 2.65. The lowest BCUT2D eigenvalue weighted by molar-refractivity contribution is 0.575. The van der Waals surface area contributed by atoms with Crippen LogP contribution < -0.4 is 10.9 Å². The summed E-state index contributed by atoms with van der Waals surface area (Å²) < 4.78 is 1.48. The Kier molecular flexibility index (Phi) is 4.32. The molecule has 0 radical (unpaired) electrons. The van der Waals surface area contributed by atoms with Crippen molar-refractivity contribution in [2.75, 3.05) is 6.54 Å². The summed E-state index contributed by atoms with van der Waals surface area (Å²) in [4.78, 5) is 11.2. The molecule has 0 aliphatic rings. The van der Waals surface area contributed by atoms with Gasteiger partial charge in [0.05, 0.1) is 5.69 Å². The molecule has 0 aromatic carbocycles. The van der Waals surface area contributed by atoms with Crippen LogP contribution in [0.1, 0.15) is 26.0 Å². The highest BCUT2D eigenvalue weighted by Gasteiger charge is 1.97. The highest BCUT2D eigenvalue weighted by Crippen LogP contribution is 1.89. The van der Waals surface area contributed by atoms with Crippen LogP contribution in [0.25, 0.3) is 0 Å². The zero-order valence-electron chi connectivity index (χ0n) is 8.79. The number of rotatable bonds is 5. The molecule has 78 valence electrons. The van der Waals surface area contributed by atoms with Gasteiger partial charge in [0.1, 0.15) is 0 Å². The fraction of sp³-hybridized carbons (Fsp3) is 0.600. The molecule has 14 heavy (non-hydrogen) atoms. The zero-order valence-corrected chi connectivity index (χ0v) is 8.79. The number of nitrogens with one attached hydrogen (secondary N) is 1. The minimum Gasteiger partial charge on any atom is -0.311 e. The van der Waals surface area contributed by atoms with Gasteiger partial charge in [-0.1, -0.05) is 6.92 Å². The average molecular weight is 195 g/mol. The van der Waals surface area contributed by atoms with Gasteiger partial charge in [0.25, 0.3) is 5.56 Å². The maximum atomic E-state index is 11.2. The van der Waals surface area contributed by atoms with Gasteiger partial charge in [-0.3, -0.25) is 4.79 Å². The quantitative estimate of drug-likeness (QED) is 0.706. The number of aryl methyl sites for hydroxylation is 1. The van der Waals surface area contributed by atoms with Crippen molar-refractivity contribution in [2.45, 2.75) is 33.4 Å². The number of hydrogen-bond acceptors (Lipinski definition) is 3. The third-order valence-corrected chi connectivity index (χ3v) is 1.95. The Morgan fingerprint density at radius 3 is 2.86 bits per heavy atom. The first-order chi connectivity index (χ1) is 6.77. The third kappa shape index (κ3) is 2.96. The van der Waals surface area contributed by atoms with E-state index in [2.05, 4.69) is 17.3 Å². The molecule has 0 spiro atoms. The van der Waals surface area contributed by atoms with Gasteiger partial charge >= 0.3 is 0 Å². The van der Waals surface area contributed by atoms with Crippen LogP contribution in [0, 0.1) is 0 Å². The van der Waals surface area contributed by atoms with Crippen molar-refractivity contribution in [2.24, 2.45) is 0 Å². The van der Waals surface area contributed by atoms with Gasteiger partial charge in [0.15, 0.2) is 0 Å². The number of hydrogen-bond donors (Lipinski definition) is 1. The molecule has 1 aromatic rings. The Morgan fingerprint density at radius 1 is 1.43 bits per heavy atom. The predicted molar refractivity (Wildman–Crippen MR) is 56.2 cm³/mol. The van der Waals surface area contributed by atoms with Gasteiger partial charge in [-0.05, 0) is 26.0 Å². The second-order valence-corrected chi connectivity index (χ2v) is 3.16. The lowest BCUT2D eigenvalue weighted by atomic mass is 10.3. The Morgan fingerprint density at radius 2 is 2.21 bits per heavy atom. The molecule has 0 saturated heterocycles. The summed E-state index contributed by atoms with van der Waals surface area (Å²) in [6.07, 6.45) is 1.10. The first-order valence-electron chi connectivity index (χ1n) is 5.05. The van der Waals surface area contributed by atoms with E-state index in [1.54, 1.807) is 12.1 Å². The number of nitrogens with zero attached hydrogens (tertiary/aromatic N) is 2. The largest absolute Gasteiger partial charge is 0.311 e. The maximum Gasteiger partial charge on any atom is 0.266 e. The van der Waals surface area contributed by atoms with Crippen LogP contribution in [0.3, 0.4) is 0 Å². The topological polar surface area (TPSA) is 46.9 Å². The van der Waals surface area contributed by atoms with E-state index in [-0.39, 0.29) is 5.56 Å². The zero-order chi connectivity index (χ0) is 10.4. The van der Waals surface area contributed by atoms with Crippen molar-refractivity contribution in [1.29, 1.82) is 0 Å². The minimum absolute atomic E-state index is 0.0354. The van der Waals surface area contributed by atoms with E-state index in [0.717, 1.165) is 25.2 Å². The molecule has 0 aliphatic carbocycles. The monoisotopic (exact) mass is 195 g/mol. The smallest absolute Gasteiger partial charge is 0.266 e. The van der Waals surface area contributed by atoms with Gasteiger partial charge in [-0.2, -0.15) is 5.10 Å². The van der Waals surface area contributed by atoms with Crippen LogP contribution in [0.15, 0.2) is 16.9 Å². The highest BCUT2D eigenvalue weighted by molar-refractivity contribution is 4.99. The van der Waals surface area contributed by atoms with E-state index in [1.165, 1.54) is 4.68 Å². The summed E-state index contributed by atoms with van der Waals surface area (Å²) in [6.45, 7) is 6.37. The summed E-state index contributed by atoms with van der Waals surface area (Å²) in [7, 11) is 0. The van der Waals surface area contributed by atoms with E-state index >= 15 is 0 Å². The van der Waals surface area contributed by atoms with E-state index in [9.17, 15) is 4.79 Å². The minimum atomic E-state index is -0.0354. The fourth-order valence-corrected chi connectivity index (χ4v) is 1.21. The molecule has 1 heterocycles. The predicted octanol–water partition coefficient (Wildman–Crippen LogP) is 0.763. The molecule has 0 aliphatic heterocycles. The van der Waals surface area contributed by atoms with Gasteiger partial charge in [0.2, 0.25) is 0 Å². The summed E-state index contributed by atoms with van der Waals surface area (Å²) in [6, 6.07) is 3.34. The van der Waals surface area contributed by atoms with E-state index in [0.29, 0.717) is 6.54 Å². The second-order valence-electron chi connectivity index (χ2n) is 3.16. The first-order valence-corrected chi connectivity index (χ1v) is 5.05. The van der Waals surface area contributed by atoms with Crippen LogP contribution >= 0.6 is 0 Å². The lowest BCUT2D eigenvalue weighted by Gasteiger charge is -2.05. The number of aromatic nitrogens is 2. The molecule has 0 amide bonds. The molecule has 1 N–H and O–H groups in total. The van der Waals surface area contributed by atoms with Crippen molar-refractivity contribution >= 4 is 0 Å². The first kappa shape index (κ1) is 10.9. The average Bonchev–Trinajstić information content (AvgIpc) is 2.21. The van der Waals surface area contributed by atoms with Crippen molar-refractivity contribution in [3.8, 4) is 0 Å². The molecule has 1 aromatic heterocycles. The summed E-state index contributed by atoms with van der Waals surface area (Å²) in [5, 5.41) is 7.45. The van der Waals surface area contributed by atoms with Crippen LogP contribution in [0.2, 0.25) is 0 Å². The summed E-state index contributed by atoms with van der Waals surface area (Å²) in [5.41, 5.74) is 0.881.